The summed E-state index contributed by atoms with van der Waals surface area (Å²) in [6.45, 7) is 0. The number of hydrogen-bond acceptors (Lipinski definition) is 4. The van der Waals surface area contributed by atoms with Crippen LogP contribution in [0, 0.1) is 0 Å². The summed E-state index contributed by atoms with van der Waals surface area (Å²) in [4.78, 5) is 4.88. The van der Waals surface area contributed by atoms with Crippen molar-refractivity contribution >= 4 is 78.0 Å². The van der Waals surface area contributed by atoms with Crippen LogP contribution in [0.2, 0.25) is 0 Å². The van der Waals surface area contributed by atoms with Crippen LogP contribution in [0.5, 0.6) is 0 Å². The quantitative estimate of drug-likeness (QED) is 0.0857. The second kappa shape index (κ2) is 34.9. The normalized spacial score (nSPS) is 12.5. The number of para-hydroxylation sites is 6. The summed E-state index contributed by atoms with van der Waals surface area (Å²) in [6, 6.07) is 198. The van der Waals surface area contributed by atoms with Crippen molar-refractivity contribution in [2.75, 3.05) is 9.80 Å². The maximum absolute atomic E-state index is 6.62. The molecule has 0 saturated carbocycles. The largest absolute Gasteiger partial charge is 0.455 e. The zero-order valence-electron chi connectivity index (χ0n) is 75.7. The van der Waals surface area contributed by atoms with Crippen LogP contribution < -0.4 is 9.80 Å². The van der Waals surface area contributed by atoms with Crippen molar-refractivity contribution in [1.29, 1.82) is 0 Å². The Bertz CT molecular complexity index is 8590. The maximum Gasteiger partial charge on any atom is 0.143 e. The molecule has 0 spiro atoms. The van der Waals surface area contributed by atoms with Gasteiger partial charge < -0.3 is 18.6 Å². The van der Waals surface area contributed by atoms with E-state index in [0.29, 0.717) is 0 Å². The lowest BCUT2D eigenvalue weighted by Gasteiger charge is -2.34. The third-order valence-electron chi connectivity index (χ3n) is 28.4. The van der Waals surface area contributed by atoms with Crippen molar-refractivity contribution < 1.29 is 8.83 Å². The minimum Gasteiger partial charge on any atom is -0.455 e. The van der Waals surface area contributed by atoms with Gasteiger partial charge in [0.05, 0.1) is 22.2 Å². The maximum atomic E-state index is 6.62. The molecule has 22 aromatic carbocycles. The number of anilines is 6. The van der Waals surface area contributed by atoms with Crippen LogP contribution in [0.3, 0.4) is 0 Å². The van der Waals surface area contributed by atoms with Crippen molar-refractivity contribution in [2.24, 2.45) is 0 Å². The van der Waals surface area contributed by atoms with Crippen molar-refractivity contribution in [3.63, 3.8) is 0 Å². The SMILES string of the molecule is c1ccc(-c2ccc(-c3ccc(N(c4cccc(-c5cccc6c5oc5ccccc56)c4)c4ccccc4-c4cccc5c4-c4ccccc4C5(c4ccccc4)c4ccccc4)cc3)cc2)cc1.c1ccc(-c2ccc(-c3cccc(N(c4cccc(-c5cccc6c5oc5ccccc56)c4)c4ccccc4-c4cccc5c4-c4ccccc4C5(c4ccccc4)c4ccccc4)c3)cc2)cc1. The molecule has 2 aromatic heterocycles. The molecule has 648 valence electrons. The fourth-order valence-electron chi connectivity index (χ4n) is 22.3. The molecule has 0 saturated heterocycles. The Morgan fingerprint density at radius 3 is 0.804 bits per heavy atom. The van der Waals surface area contributed by atoms with Gasteiger partial charge in [0, 0.05) is 66.5 Å². The van der Waals surface area contributed by atoms with Crippen LogP contribution in [-0.2, 0) is 10.8 Å². The van der Waals surface area contributed by atoms with E-state index in [2.05, 4.69) is 544 Å². The highest BCUT2D eigenvalue weighted by Gasteiger charge is 2.49. The topological polar surface area (TPSA) is 32.8 Å². The van der Waals surface area contributed by atoms with Gasteiger partial charge >= 0.3 is 0 Å². The molecule has 2 heterocycles. The lowest BCUT2D eigenvalue weighted by Crippen LogP contribution is -2.28. The van der Waals surface area contributed by atoms with Crippen LogP contribution >= 0.6 is 0 Å². The van der Waals surface area contributed by atoms with E-state index < -0.39 is 10.8 Å². The first kappa shape index (κ1) is 82.0. The van der Waals surface area contributed by atoms with Crippen LogP contribution in [-0.4, -0.2) is 0 Å². The summed E-state index contributed by atoms with van der Waals surface area (Å²) in [7, 11) is 0. The molecule has 0 N–H and O–H groups in total. The van der Waals surface area contributed by atoms with Crippen molar-refractivity contribution in [2.45, 2.75) is 10.8 Å². The molecular formula is C134H90N2O2. The molecule has 4 heteroatoms. The summed E-state index contributed by atoms with van der Waals surface area (Å²) < 4.78 is 13.2. The summed E-state index contributed by atoms with van der Waals surface area (Å²) >= 11 is 0. The van der Waals surface area contributed by atoms with Crippen molar-refractivity contribution in [3.8, 4) is 111 Å². The van der Waals surface area contributed by atoms with Crippen LogP contribution in [0.25, 0.3) is 155 Å². The van der Waals surface area contributed by atoms with Crippen LogP contribution in [0.4, 0.5) is 34.1 Å². The van der Waals surface area contributed by atoms with E-state index in [1.54, 1.807) is 0 Å². The average molecular weight is 1760 g/mol. The predicted molar refractivity (Wildman–Crippen MR) is 575 cm³/mol. The van der Waals surface area contributed by atoms with Crippen LogP contribution in [0.1, 0.15) is 44.5 Å². The van der Waals surface area contributed by atoms with E-state index in [1.807, 2.05) is 12.1 Å². The molecule has 0 amide bonds. The zero-order chi connectivity index (χ0) is 91.5. The summed E-state index contributed by atoms with van der Waals surface area (Å²) in [5.41, 5.74) is 42.4. The van der Waals surface area contributed by atoms with Crippen molar-refractivity contribution in [1.82, 2.24) is 0 Å². The zero-order valence-corrected chi connectivity index (χ0v) is 75.7. The Kier molecular flexibility index (Phi) is 20.7. The molecule has 0 unspecified atom stereocenters. The first-order valence-electron chi connectivity index (χ1n) is 47.5. The molecule has 26 rings (SSSR count). The Morgan fingerprint density at radius 2 is 0.406 bits per heavy atom. The van der Waals surface area contributed by atoms with Gasteiger partial charge in [0.1, 0.15) is 22.3 Å². The van der Waals surface area contributed by atoms with Gasteiger partial charge in [0.15, 0.2) is 0 Å². The highest BCUT2D eigenvalue weighted by molar-refractivity contribution is 6.12. The monoisotopic (exact) mass is 1760 g/mol. The van der Waals surface area contributed by atoms with Crippen LogP contribution in [0.15, 0.2) is 555 Å². The van der Waals surface area contributed by atoms with Gasteiger partial charge in [0.2, 0.25) is 0 Å². The molecule has 2 aliphatic carbocycles. The Balaban J connectivity index is 0.000000146. The molecule has 138 heavy (non-hydrogen) atoms. The Morgan fingerprint density at radius 1 is 0.152 bits per heavy atom. The molecule has 0 atom stereocenters. The number of hydrogen-bond donors (Lipinski definition) is 0. The summed E-state index contributed by atoms with van der Waals surface area (Å²) in [5, 5.41) is 4.47. The van der Waals surface area contributed by atoms with E-state index in [1.165, 1.54) is 106 Å². The minimum atomic E-state index is -0.518. The lowest BCUT2D eigenvalue weighted by molar-refractivity contribution is 0.669. The second-order valence-electron chi connectivity index (χ2n) is 35.9. The number of benzene rings is 22. The van der Waals surface area contributed by atoms with Gasteiger partial charge in [-0.15, -0.1) is 0 Å². The molecule has 0 bridgehead atoms. The van der Waals surface area contributed by atoms with Gasteiger partial charge in [-0.2, -0.15) is 0 Å². The van der Waals surface area contributed by atoms with Gasteiger partial charge in [-0.3, -0.25) is 0 Å². The van der Waals surface area contributed by atoms with Crippen molar-refractivity contribution in [3.05, 3.63) is 590 Å². The van der Waals surface area contributed by atoms with Gasteiger partial charge in [0.25, 0.3) is 0 Å². The highest BCUT2D eigenvalue weighted by atomic mass is 16.3. The molecule has 0 radical (unpaired) electrons. The van der Waals surface area contributed by atoms with Gasteiger partial charge in [-0.1, -0.05) is 473 Å². The van der Waals surface area contributed by atoms with E-state index in [0.717, 1.165) is 128 Å². The first-order chi connectivity index (χ1) is 68.5. The van der Waals surface area contributed by atoms with E-state index >= 15 is 0 Å². The molecular weight excluding hydrogens is 1670 g/mol. The third kappa shape index (κ3) is 14.0. The Labute approximate surface area is 803 Å². The minimum absolute atomic E-state index is 0.514. The number of nitrogens with zero attached hydrogens (tertiary/aromatic N) is 2. The predicted octanol–water partition coefficient (Wildman–Crippen LogP) is 36.2. The number of rotatable bonds is 18. The molecule has 4 nitrogen and oxygen atoms in total. The molecule has 24 aromatic rings. The first-order valence-corrected chi connectivity index (χ1v) is 47.5. The van der Waals surface area contributed by atoms with E-state index in [-0.39, 0.29) is 0 Å². The number of furan rings is 2. The van der Waals surface area contributed by atoms with Gasteiger partial charge in [-0.25, -0.2) is 0 Å². The molecule has 0 fully saturated rings. The summed E-state index contributed by atoms with van der Waals surface area (Å²) in [6.07, 6.45) is 0. The van der Waals surface area contributed by atoms with E-state index in [9.17, 15) is 0 Å². The fraction of sp³-hybridized carbons (Fsp3) is 0.0149. The lowest BCUT2D eigenvalue weighted by atomic mass is 9.67. The Hall–Kier alpha value is -18.0. The molecule has 0 aliphatic heterocycles. The average Bonchev–Trinajstić information content (AvgIpc) is 1.53. The number of fused-ring (bicyclic) bond motifs is 12. The standard InChI is InChI=1S/2C67H45NO/c1-4-20-46(21-5-1)47-40-42-48(43-41-47)49-22-16-28-53(44-49)68(54-29-17-23-50(45-54)55-33-18-35-59-57-31-12-15-39-64(57)69-66(55)59)63-38-14-11-30-56(63)58-34-19-37-62-65(58)60-32-10-13-36-61(60)67(62,51-24-6-2-7-25-51)52-26-8-3-9-27-52;1-4-19-46(20-5-1)47-37-39-48(40-38-47)49-41-43-53(44-42-49)68(54-26-16-21-50(45-54)55-30-17-32-59-57-28-12-15-36-64(57)69-66(55)59)63-35-14-11-27-56(63)58-31-18-34-62-65(58)60-29-10-13-33-61(60)67(62,51-22-6-2-7-23-51)52-24-8-3-9-25-52/h2*1-45H. The van der Waals surface area contributed by atoms with E-state index in [4.69, 9.17) is 8.83 Å². The molecule has 2 aliphatic rings. The summed E-state index contributed by atoms with van der Waals surface area (Å²) in [5.74, 6) is 0. The fourth-order valence-corrected chi connectivity index (χ4v) is 22.3. The highest BCUT2D eigenvalue weighted by Crippen LogP contribution is 2.62. The second-order valence-corrected chi connectivity index (χ2v) is 35.9. The third-order valence-corrected chi connectivity index (χ3v) is 28.4. The van der Waals surface area contributed by atoms with Gasteiger partial charge in [-0.05, 0) is 206 Å². The smallest absolute Gasteiger partial charge is 0.143 e.